The van der Waals surface area contributed by atoms with Crippen molar-refractivity contribution >= 4 is 5.82 Å². The minimum absolute atomic E-state index is 0.225. The monoisotopic (exact) mass is 237 g/mol. The number of rotatable bonds is 1. The number of hydrogen-bond donors (Lipinski definition) is 0. The van der Waals surface area contributed by atoms with E-state index in [-0.39, 0.29) is 11.4 Å². The van der Waals surface area contributed by atoms with Gasteiger partial charge in [0, 0.05) is 31.7 Å². The van der Waals surface area contributed by atoms with Gasteiger partial charge >= 0.3 is 0 Å². The highest BCUT2D eigenvalue weighted by Crippen LogP contribution is 2.19. The van der Waals surface area contributed by atoms with E-state index in [1.807, 2.05) is 0 Å². The van der Waals surface area contributed by atoms with E-state index < -0.39 is 0 Å². The highest BCUT2D eigenvalue weighted by atomic mass is 19.1. The highest BCUT2D eigenvalue weighted by molar-refractivity contribution is 5.38. The molecule has 1 aromatic heterocycles. The molecule has 1 fully saturated rings. The third-order valence-corrected chi connectivity index (χ3v) is 3.26. The van der Waals surface area contributed by atoms with E-state index in [2.05, 4.69) is 35.6 Å². The van der Waals surface area contributed by atoms with E-state index in [1.54, 1.807) is 6.07 Å². The zero-order chi connectivity index (χ0) is 12.5. The lowest BCUT2D eigenvalue weighted by atomic mass is 10.1. The van der Waals surface area contributed by atoms with Crippen molar-refractivity contribution in [3.63, 3.8) is 0 Å². The molecule has 3 nitrogen and oxygen atoms in total. The van der Waals surface area contributed by atoms with E-state index in [9.17, 15) is 4.39 Å². The third-order valence-electron chi connectivity index (χ3n) is 3.26. The molecule has 0 aromatic carbocycles. The minimum Gasteiger partial charge on any atom is -0.354 e. The summed E-state index contributed by atoms with van der Waals surface area (Å²) in [7, 11) is 0. The maximum absolute atomic E-state index is 12.8. The Morgan fingerprint density at radius 2 is 1.76 bits per heavy atom. The molecule has 17 heavy (non-hydrogen) atoms. The van der Waals surface area contributed by atoms with Crippen molar-refractivity contribution in [3.8, 4) is 0 Å². The van der Waals surface area contributed by atoms with Crippen molar-refractivity contribution in [3.05, 3.63) is 24.1 Å². The van der Waals surface area contributed by atoms with Crippen LogP contribution in [0, 0.1) is 5.82 Å². The number of aromatic nitrogens is 1. The van der Waals surface area contributed by atoms with E-state index in [1.165, 1.54) is 12.3 Å². The van der Waals surface area contributed by atoms with Crippen LogP contribution in [0.2, 0.25) is 0 Å². The summed E-state index contributed by atoms with van der Waals surface area (Å²) in [5.41, 5.74) is 0.225. The van der Waals surface area contributed by atoms with Crippen LogP contribution in [0.5, 0.6) is 0 Å². The average molecular weight is 237 g/mol. The first-order chi connectivity index (χ1) is 7.97. The number of hydrogen-bond acceptors (Lipinski definition) is 3. The van der Waals surface area contributed by atoms with E-state index in [0.29, 0.717) is 0 Å². The summed E-state index contributed by atoms with van der Waals surface area (Å²) < 4.78 is 12.8. The summed E-state index contributed by atoms with van der Waals surface area (Å²) >= 11 is 0. The maximum Gasteiger partial charge on any atom is 0.141 e. The Balaban J connectivity index is 1.97. The molecule has 94 valence electrons. The normalized spacial score (nSPS) is 18.5. The molecule has 1 saturated heterocycles. The maximum atomic E-state index is 12.8. The molecule has 1 aromatic rings. The van der Waals surface area contributed by atoms with Gasteiger partial charge in [-0.15, -0.1) is 0 Å². The van der Waals surface area contributed by atoms with Gasteiger partial charge in [-0.1, -0.05) is 0 Å². The lowest BCUT2D eigenvalue weighted by Gasteiger charge is -2.42. The molecule has 0 amide bonds. The van der Waals surface area contributed by atoms with Crippen molar-refractivity contribution in [1.29, 1.82) is 0 Å². The molecule has 0 aliphatic carbocycles. The zero-order valence-corrected chi connectivity index (χ0v) is 10.8. The molecule has 0 saturated carbocycles. The topological polar surface area (TPSA) is 19.4 Å². The molecular formula is C13H20FN3. The van der Waals surface area contributed by atoms with Crippen LogP contribution in [0.3, 0.4) is 0 Å². The summed E-state index contributed by atoms with van der Waals surface area (Å²) in [6.07, 6.45) is 1.28. The number of piperazine rings is 1. The number of nitrogens with zero attached hydrogens (tertiary/aromatic N) is 3. The van der Waals surface area contributed by atoms with Crippen LogP contribution < -0.4 is 4.90 Å². The van der Waals surface area contributed by atoms with Crippen LogP contribution in [0.1, 0.15) is 20.8 Å². The Bertz CT molecular complexity index is 361. The molecule has 2 rings (SSSR count). The first-order valence-corrected chi connectivity index (χ1v) is 6.08. The number of anilines is 1. The summed E-state index contributed by atoms with van der Waals surface area (Å²) in [4.78, 5) is 8.80. The molecule has 0 radical (unpaired) electrons. The molecule has 0 atom stereocenters. The first-order valence-electron chi connectivity index (χ1n) is 6.08. The van der Waals surface area contributed by atoms with Crippen molar-refractivity contribution in [2.75, 3.05) is 31.1 Å². The fourth-order valence-corrected chi connectivity index (χ4v) is 2.16. The summed E-state index contributed by atoms with van der Waals surface area (Å²) in [5.74, 6) is 0.599. The van der Waals surface area contributed by atoms with Gasteiger partial charge in [-0.2, -0.15) is 0 Å². The second-order valence-electron chi connectivity index (χ2n) is 5.48. The van der Waals surface area contributed by atoms with Crippen molar-refractivity contribution < 1.29 is 4.39 Å². The largest absolute Gasteiger partial charge is 0.354 e. The quantitative estimate of drug-likeness (QED) is 0.746. The Kier molecular flexibility index (Phi) is 3.33. The van der Waals surface area contributed by atoms with Crippen molar-refractivity contribution in [1.82, 2.24) is 9.88 Å². The molecule has 1 aliphatic rings. The van der Waals surface area contributed by atoms with Crippen LogP contribution >= 0.6 is 0 Å². The van der Waals surface area contributed by atoms with Crippen LogP contribution in [-0.2, 0) is 0 Å². The van der Waals surface area contributed by atoms with Gasteiger partial charge in [0.1, 0.15) is 11.6 Å². The molecule has 0 spiro atoms. The lowest BCUT2D eigenvalue weighted by Crippen LogP contribution is -2.53. The summed E-state index contributed by atoms with van der Waals surface area (Å²) in [6, 6.07) is 3.22. The molecule has 2 heterocycles. The Morgan fingerprint density at radius 3 is 2.24 bits per heavy atom. The summed E-state index contributed by atoms with van der Waals surface area (Å²) in [5, 5.41) is 0. The molecule has 0 bridgehead atoms. The van der Waals surface area contributed by atoms with Gasteiger partial charge < -0.3 is 4.90 Å². The Morgan fingerprint density at radius 1 is 1.12 bits per heavy atom. The number of pyridine rings is 1. The Labute approximate surface area is 102 Å². The SMILES string of the molecule is CC(C)(C)N1CCN(c2ccc(F)cn2)CC1. The van der Waals surface area contributed by atoms with Gasteiger partial charge in [-0.3, -0.25) is 4.90 Å². The van der Waals surface area contributed by atoms with Crippen LogP contribution in [-0.4, -0.2) is 41.6 Å². The molecular weight excluding hydrogens is 217 g/mol. The second-order valence-corrected chi connectivity index (χ2v) is 5.48. The van der Waals surface area contributed by atoms with Gasteiger partial charge in [0.2, 0.25) is 0 Å². The predicted molar refractivity (Wildman–Crippen MR) is 67.7 cm³/mol. The summed E-state index contributed by atoms with van der Waals surface area (Å²) in [6.45, 7) is 10.7. The fourth-order valence-electron chi connectivity index (χ4n) is 2.16. The van der Waals surface area contributed by atoms with Gasteiger partial charge in [-0.25, -0.2) is 9.37 Å². The Hall–Kier alpha value is -1.16. The zero-order valence-electron chi connectivity index (χ0n) is 10.8. The molecule has 1 aliphatic heterocycles. The van der Waals surface area contributed by atoms with Crippen LogP contribution in [0.25, 0.3) is 0 Å². The minimum atomic E-state index is -0.276. The van der Waals surface area contributed by atoms with Gasteiger partial charge in [0.15, 0.2) is 0 Å². The fraction of sp³-hybridized carbons (Fsp3) is 0.615. The third kappa shape index (κ3) is 2.94. The molecule has 0 N–H and O–H groups in total. The van der Waals surface area contributed by atoms with Gasteiger partial charge in [0.05, 0.1) is 6.20 Å². The van der Waals surface area contributed by atoms with Crippen molar-refractivity contribution in [2.45, 2.75) is 26.3 Å². The van der Waals surface area contributed by atoms with Crippen LogP contribution in [0.4, 0.5) is 10.2 Å². The predicted octanol–water partition coefficient (Wildman–Crippen LogP) is 2.14. The van der Waals surface area contributed by atoms with Crippen molar-refractivity contribution in [2.24, 2.45) is 0 Å². The van der Waals surface area contributed by atoms with Gasteiger partial charge in [-0.05, 0) is 32.9 Å². The standard InChI is InChI=1S/C13H20FN3/c1-13(2,3)17-8-6-16(7-9-17)12-5-4-11(14)10-15-12/h4-5,10H,6-9H2,1-3H3. The van der Waals surface area contributed by atoms with E-state index >= 15 is 0 Å². The highest BCUT2D eigenvalue weighted by Gasteiger charge is 2.26. The molecule has 0 unspecified atom stereocenters. The second kappa shape index (κ2) is 4.61. The smallest absolute Gasteiger partial charge is 0.141 e. The van der Waals surface area contributed by atoms with E-state index in [4.69, 9.17) is 0 Å². The van der Waals surface area contributed by atoms with E-state index in [0.717, 1.165) is 32.0 Å². The van der Waals surface area contributed by atoms with Crippen LogP contribution in [0.15, 0.2) is 18.3 Å². The molecule has 4 heteroatoms. The van der Waals surface area contributed by atoms with Gasteiger partial charge in [0.25, 0.3) is 0 Å². The lowest BCUT2D eigenvalue weighted by molar-refractivity contribution is 0.128. The first kappa shape index (κ1) is 12.3. The number of halogens is 1. The average Bonchev–Trinajstić information content (AvgIpc) is 2.29.